The number of ether oxygens (including phenoxy) is 2. The highest BCUT2D eigenvalue weighted by Gasteiger charge is 2.51. The van der Waals surface area contributed by atoms with Crippen molar-refractivity contribution >= 4 is 19.8 Å². The van der Waals surface area contributed by atoms with E-state index in [9.17, 15) is 44.6 Å². The summed E-state index contributed by atoms with van der Waals surface area (Å²) in [6.07, 6.45) is 29.7. The van der Waals surface area contributed by atoms with Crippen molar-refractivity contribution in [1.29, 1.82) is 0 Å². The van der Waals surface area contributed by atoms with Gasteiger partial charge in [-0.25, -0.2) is 9.36 Å². The minimum Gasteiger partial charge on any atom is -0.462 e. The highest BCUT2D eigenvalue weighted by atomic mass is 31.2. The zero-order valence-electron chi connectivity index (χ0n) is 37.7. The molecule has 13 nitrogen and oxygen atoms in total. The smallest absolute Gasteiger partial charge is 0.462 e. The van der Waals surface area contributed by atoms with Crippen LogP contribution in [0.25, 0.3) is 0 Å². The van der Waals surface area contributed by atoms with E-state index in [1.165, 1.54) is 128 Å². The molecule has 0 amide bonds. The lowest BCUT2D eigenvalue weighted by molar-refractivity contribution is -0.220. The second-order valence-electron chi connectivity index (χ2n) is 16.7. The van der Waals surface area contributed by atoms with Gasteiger partial charge in [0.1, 0.15) is 43.2 Å². The Balaban J connectivity index is 2.48. The minimum atomic E-state index is -5.14. The third-order valence-corrected chi connectivity index (χ3v) is 12.0. The predicted molar refractivity (Wildman–Crippen MR) is 240 cm³/mol. The molecule has 14 heteroatoms. The summed E-state index contributed by atoms with van der Waals surface area (Å²) >= 11 is 0. The molecule has 1 fully saturated rings. The van der Waals surface area contributed by atoms with Gasteiger partial charge in [0.25, 0.3) is 0 Å². The van der Waals surface area contributed by atoms with Crippen LogP contribution in [0, 0.1) is 0 Å². The lowest BCUT2D eigenvalue weighted by atomic mass is 9.85. The van der Waals surface area contributed by atoms with Crippen LogP contribution in [0.5, 0.6) is 0 Å². The summed E-state index contributed by atoms with van der Waals surface area (Å²) < 4.78 is 33.3. The first-order valence-corrected chi connectivity index (χ1v) is 25.3. The highest BCUT2D eigenvalue weighted by molar-refractivity contribution is 7.47. The van der Waals surface area contributed by atoms with Crippen LogP contribution >= 0.6 is 7.82 Å². The summed E-state index contributed by atoms with van der Waals surface area (Å²) in [7, 11) is -5.14. The lowest BCUT2D eigenvalue weighted by Gasteiger charge is -2.41. The standard InChI is InChI=1S/C47H85O13P/c1-3-5-7-9-11-13-15-17-19-20-22-23-25-27-29-31-33-35-40(48)57-37-39(38-58-61(55,56)60-47-45(53)43(51)42(50)44(52)46(47)54)59-41(49)36-34-32-30-28-26-24-21-18-16-14-12-10-8-6-4-2/h13,15,30,32,34,36,39,42-47,50-54H,3-12,14,16-29,31,33,35,37-38H2,1-2H3,(H,55,56)/b15-13+,32-30+,36-34+/t39-,42?,43-,44?,45?,46?,47?/m0/s1. The normalized spacial score (nSPS) is 22.3. The summed E-state index contributed by atoms with van der Waals surface area (Å²) in [4.78, 5) is 35.6. The van der Waals surface area contributed by atoms with E-state index in [1.807, 2.05) is 6.08 Å². The molecular formula is C47H85O13P. The monoisotopic (exact) mass is 889 g/mol. The Bertz CT molecular complexity index is 1210. The van der Waals surface area contributed by atoms with Crippen molar-refractivity contribution in [3.05, 3.63) is 36.5 Å². The van der Waals surface area contributed by atoms with Gasteiger partial charge in [-0.1, -0.05) is 173 Å². The molecule has 1 aliphatic carbocycles. The topological polar surface area (TPSA) is 210 Å². The molecule has 61 heavy (non-hydrogen) atoms. The van der Waals surface area contributed by atoms with Crippen molar-refractivity contribution in [3.63, 3.8) is 0 Å². The first kappa shape index (κ1) is 57.1. The zero-order valence-corrected chi connectivity index (χ0v) is 38.6. The summed E-state index contributed by atoms with van der Waals surface area (Å²) in [6, 6.07) is 0. The number of rotatable bonds is 39. The molecule has 0 aromatic carbocycles. The Morgan fingerprint density at radius 1 is 0.541 bits per heavy atom. The number of hydrogen-bond donors (Lipinski definition) is 6. The molecule has 6 unspecified atom stereocenters. The lowest BCUT2D eigenvalue weighted by Crippen LogP contribution is -2.64. The Morgan fingerprint density at radius 3 is 1.44 bits per heavy atom. The van der Waals surface area contributed by atoms with Crippen molar-refractivity contribution in [2.24, 2.45) is 0 Å². The predicted octanol–water partition coefficient (Wildman–Crippen LogP) is 9.39. The molecule has 0 spiro atoms. The summed E-state index contributed by atoms with van der Waals surface area (Å²) in [6.45, 7) is 3.20. The summed E-state index contributed by atoms with van der Waals surface area (Å²) in [5.74, 6) is -1.35. The van der Waals surface area contributed by atoms with E-state index in [4.69, 9.17) is 18.5 Å². The Labute approximate surface area is 368 Å². The van der Waals surface area contributed by atoms with Crippen LogP contribution in [0.15, 0.2) is 36.5 Å². The number of allylic oxidation sites excluding steroid dienone is 5. The number of carbonyl (C=O) groups excluding carboxylic acids is 2. The van der Waals surface area contributed by atoms with Gasteiger partial charge in [0.2, 0.25) is 0 Å². The fraction of sp³-hybridized carbons (Fsp3) is 0.830. The maximum Gasteiger partial charge on any atom is 0.472 e. The molecule has 0 aromatic heterocycles. The van der Waals surface area contributed by atoms with Crippen LogP contribution in [-0.2, 0) is 32.7 Å². The number of esters is 2. The number of hydrogen-bond acceptors (Lipinski definition) is 12. The van der Waals surface area contributed by atoms with Crippen LogP contribution in [0.2, 0.25) is 0 Å². The van der Waals surface area contributed by atoms with Crippen LogP contribution in [-0.4, -0.2) is 98.3 Å². The molecule has 0 aromatic rings. The second-order valence-corrected chi connectivity index (χ2v) is 18.1. The second kappa shape index (κ2) is 37.4. The van der Waals surface area contributed by atoms with E-state index in [2.05, 4.69) is 26.0 Å². The zero-order chi connectivity index (χ0) is 45.0. The van der Waals surface area contributed by atoms with Crippen LogP contribution in [0.3, 0.4) is 0 Å². The average molecular weight is 889 g/mol. The molecule has 356 valence electrons. The van der Waals surface area contributed by atoms with Gasteiger partial charge in [-0.2, -0.15) is 0 Å². The van der Waals surface area contributed by atoms with Crippen LogP contribution in [0.1, 0.15) is 194 Å². The van der Waals surface area contributed by atoms with Gasteiger partial charge in [-0.05, 0) is 44.9 Å². The number of carbonyl (C=O) groups is 2. The van der Waals surface area contributed by atoms with Crippen molar-refractivity contribution in [2.45, 2.75) is 236 Å². The maximum atomic E-state index is 12.8. The van der Waals surface area contributed by atoms with Gasteiger partial charge in [0.05, 0.1) is 6.61 Å². The van der Waals surface area contributed by atoms with Crippen molar-refractivity contribution in [1.82, 2.24) is 0 Å². The summed E-state index contributed by atoms with van der Waals surface area (Å²) in [5.41, 5.74) is 0. The molecule has 1 saturated carbocycles. The van der Waals surface area contributed by atoms with E-state index in [1.54, 1.807) is 6.08 Å². The molecule has 1 rings (SSSR count). The molecule has 0 radical (unpaired) electrons. The molecular weight excluding hydrogens is 803 g/mol. The first-order chi connectivity index (χ1) is 29.4. The minimum absolute atomic E-state index is 0.146. The molecule has 8 atom stereocenters. The Kier molecular flexibility index (Phi) is 35.0. The van der Waals surface area contributed by atoms with E-state index in [-0.39, 0.29) is 6.42 Å². The SMILES string of the molecule is CCCCCC/C=C/CCCCCCCCCCCC(=O)OC[C@@H](COP(=O)(O)OC1C(O)C(O)C(O)[C@H](O)C1O)OC(=O)/C=C/C=C/CCCCCCCCCCCCC. The Hall–Kier alpha value is -1.93. The fourth-order valence-corrected chi connectivity index (χ4v) is 8.16. The molecule has 0 aliphatic heterocycles. The maximum absolute atomic E-state index is 12.8. The van der Waals surface area contributed by atoms with Crippen molar-refractivity contribution in [3.8, 4) is 0 Å². The van der Waals surface area contributed by atoms with Crippen LogP contribution in [0.4, 0.5) is 0 Å². The third kappa shape index (κ3) is 30.0. The quantitative estimate of drug-likeness (QED) is 0.00850. The van der Waals surface area contributed by atoms with Gasteiger partial charge in [0.15, 0.2) is 6.10 Å². The van der Waals surface area contributed by atoms with E-state index in [0.717, 1.165) is 51.4 Å². The van der Waals surface area contributed by atoms with Gasteiger partial charge in [0, 0.05) is 12.5 Å². The first-order valence-electron chi connectivity index (χ1n) is 23.8. The summed E-state index contributed by atoms with van der Waals surface area (Å²) in [5, 5.41) is 50.1. The number of phosphoric ester groups is 1. The molecule has 0 heterocycles. The largest absolute Gasteiger partial charge is 0.472 e. The molecule has 6 N–H and O–H groups in total. The van der Waals surface area contributed by atoms with E-state index < -0.39 is 75.7 Å². The number of aliphatic hydroxyl groups excluding tert-OH is 5. The fourth-order valence-electron chi connectivity index (χ4n) is 7.19. The van der Waals surface area contributed by atoms with Gasteiger partial charge >= 0.3 is 19.8 Å². The third-order valence-electron chi connectivity index (χ3n) is 11.1. The number of unbranched alkanes of at least 4 members (excludes halogenated alkanes) is 24. The Morgan fingerprint density at radius 2 is 0.951 bits per heavy atom. The van der Waals surface area contributed by atoms with Gasteiger partial charge < -0.3 is 39.9 Å². The molecule has 1 aliphatic rings. The van der Waals surface area contributed by atoms with Gasteiger partial charge in [-0.3, -0.25) is 13.8 Å². The van der Waals surface area contributed by atoms with Crippen molar-refractivity contribution < 1.29 is 63.1 Å². The number of aliphatic hydroxyl groups is 5. The number of phosphoric acid groups is 1. The van der Waals surface area contributed by atoms with Gasteiger partial charge in [-0.15, -0.1) is 0 Å². The van der Waals surface area contributed by atoms with Crippen molar-refractivity contribution in [2.75, 3.05) is 13.2 Å². The van der Waals surface area contributed by atoms with E-state index in [0.29, 0.717) is 6.42 Å². The molecule has 0 saturated heterocycles. The van der Waals surface area contributed by atoms with Crippen LogP contribution < -0.4 is 0 Å². The molecule has 0 bridgehead atoms. The van der Waals surface area contributed by atoms with E-state index >= 15 is 0 Å². The highest BCUT2D eigenvalue weighted by Crippen LogP contribution is 2.47. The average Bonchev–Trinajstić information content (AvgIpc) is 3.24.